The molecule has 0 atom stereocenters. The highest BCUT2D eigenvalue weighted by atomic mass is 15.1. The van der Waals surface area contributed by atoms with Crippen molar-refractivity contribution in [3.8, 4) is 39.1 Å². The van der Waals surface area contributed by atoms with Crippen molar-refractivity contribution in [2.75, 3.05) is 4.90 Å². The van der Waals surface area contributed by atoms with Crippen molar-refractivity contribution in [1.29, 1.82) is 0 Å². The predicted octanol–water partition coefficient (Wildman–Crippen LogP) is 17.4. The first kappa shape index (κ1) is 37.4. The third kappa shape index (κ3) is 5.81. The fourth-order valence-electron chi connectivity index (χ4n) is 11.0. The second-order valence-corrected chi connectivity index (χ2v) is 18.1. The molecule has 0 spiro atoms. The number of para-hydroxylation sites is 2. The van der Waals surface area contributed by atoms with Crippen molar-refractivity contribution in [3.05, 3.63) is 242 Å². The van der Waals surface area contributed by atoms with Gasteiger partial charge in [-0.2, -0.15) is 0 Å². The van der Waals surface area contributed by atoms with Crippen molar-refractivity contribution in [1.82, 2.24) is 4.57 Å². The van der Waals surface area contributed by atoms with Crippen LogP contribution in [0.3, 0.4) is 0 Å². The third-order valence-electron chi connectivity index (χ3n) is 14.2. The summed E-state index contributed by atoms with van der Waals surface area (Å²) < 4.78 is 2.38. The van der Waals surface area contributed by atoms with Crippen molar-refractivity contribution in [3.63, 3.8) is 0 Å². The van der Waals surface area contributed by atoms with E-state index in [2.05, 4.69) is 254 Å². The summed E-state index contributed by atoms with van der Waals surface area (Å²) in [6.45, 7) is 4.72. The first-order valence-electron chi connectivity index (χ1n) is 22.7. The minimum absolute atomic E-state index is 0.116. The van der Waals surface area contributed by atoms with Gasteiger partial charge in [0.1, 0.15) is 0 Å². The van der Waals surface area contributed by atoms with E-state index in [0.717, 1.165) is 17.1 Å². The molecule has 12 aromatic rings. The molecule has 0 saturated heterocycles. The van der Waals surface area contributed by atoms with Crippen LogP contribution < -0.4 is 4.90 Å². The lowest BCUT2D eigenvalue weighted by atomic mass is 9.82. The van der Waals surface area contributed by atoms with Gasteiger partial charge in [0.05, 0.1) is 11.0 Å². The monoisotopic (exact) mass is 828 g/mol. The minimum Gasteiger partial charge on any atom is -0.310 e. The van der Waals surface area contributed by atoms with Crippen LogP contribution in [0.25, 0.3) is 93.2 Å². The molecule has 65 heavy (non-hydrogen) atoms. The number of fused-ring (bicyclic) bond motifs is 12. The Labute approximate surface area is 378 Å². The van der Waals surface area contributed by atoms with Crippen molar-refractivity contribution >= 4 is 71.2 Å². The van der Waals surface area contributed by atoms with Gasteiger partial charge in [-0.1, -0.05) is 172 Å². The molecular formula is C63H44N2. The van der Waals surface area contributed by atoms with Crippen LogP contribution in [-0.2, 0) is 5.41 Å². The van der Waals surface area contributed by atoms with Crippen molar-refractivity contribution in [2.24, 2.45) is 0 Å². The summed E-state index contributed by atoms with van der Waals surface area (Å²) >= 11 is 0. The van der Waals surface area contributed by atoms with E-state index in [1.165, 1.54) is 104 Å². The number of hydrogen-bond donors (Lipinski definition) is 0. The lowest BCUT2D eigenvalue weighted by Crippen LogP contribution is -2.16. The second kappa shape index (κ2) is 14.4. The zero-order chi connectivity index (χ0) is 43.2. The molecule has 0 N–H and O–H groups in total. The van der Waals surface area contributed by atoms with E-state index in [0.29, 0.717) is 0 Å². The molecule has 2 nitrogen and oxygen atoms in total. The zero-order valence-corrected chi connectivity index (χ0v) is 36.3. The van der Waals surface area contributed by atoms with Crippen LogP contribution in [0.2, 0.25) is 0 Å². The molecule has 0 unspecified atom stereocenters. The molecule has 0 bridgehead atoms. The maximum atomic E-state index is 2.42. The highest BCUT2D eigenvalue weighted by Crippen LogP contribution is 2.51. The van der Waals surface area contributed by atoms with Gasteiger partial charge in [-0.3, -0.25) is 0 Å². The number of nitrogens with zero attached hydrogens (tertiary/aromatic N) is 2. The predicted molar refractivity (Wildman–Crippen MR) is 276 cm³/mol. The Morgan fingerprint density at radius 2 is 0.769 bits per heavy atom. The first-order valence-corrected chi connectivity index (χ1v) is 22.7. The van der Waals surface area contributed by atoms with Gasteiger partial charge in [-0.15, -0.1) is 0 Å². The van der Waals surface area contributed by atoms with E-state index in [1.807, 2.05) is 0 Å². The van der Waals surface area contributed by atoms with Gasteiger partial charge in [0.25, 0.3) is 0 Å². The fourth-order valence-corrected chi connectivity index (χ4v) is 11.0. The number of rotatable bonds is 6. The molecular weight excluding hydrogens is 785 g/mol. The highest BCUT2D eigenvalue weighted by Gasteiger charge is 2.35. The molecule has 1 aliphatic carbocycles. The maximum Gasteiger partial charge on any atom is 0.0541 e. The maximum absolute atomic E-state index is 2.42. The Balaban J connectivity index is 0.913. The average molecular weight is 829 g/mol. The van der Waals surface area contributed by atoms with Crippen LogP contribution in [0, 0.1) is 0 Å². The van der Waals surface area contributed by atoms with Gasteiger partial charge in [0.2, 0.25) is 0 Å². The molecule has 0 radical (unpaired) electrons. The normalized spacial score (nSPS) is 12.9. The summed E-state index contributed by atoms with van der Waals surface area (Å²) in [5, 5.41) is 10.3. The molecule has 13 rings (SSSR count). The topological polar surface area (TPSA) is 8.17 Å². The molecule has 1 aliphatic rings. The van der Waals surface area contributed by atoms with Gasteiger partial charge >= 0.3 is 0 Å². The van der Waals surface area contributed by atoms with Gasteiger partial charge in [-0.25, -0.2) is 0 Å². The molecule has 1 aromatic heterocycles. The molecule has 2 heteroatoms. The molecule has 0 fully saturated rings. The van der Waals surface area contributed by atoms with Crippen LogP contribution in [0.5, 0.6) is 0 Å². The summed E-state index contributed by atoms with van der Waals surface area (Å²) in [7, 11) is 0. The van der Waals surface area contributed by atoms with E-state index in [1.54, 1.807) is 0 Å². The smallest absolute Gasteiger partial charge is 0.0541 e. The molecule has 1 heterocycles. The third-order valence-corrected chi connectivity index (χ3v) is 14.2. The molecule has 11 aromatic carbocycles. The quantitative estimate of drug-likeness (QED) is 0.152. The zero-order valence-electron chi connectivity index (χ0n) is 36.3. The van der Waals surface area contributed by atoms with Crippen LogP contribution in [0.15, 0.2) is 231 Å². The van der Waals surface area contributed by atoms with Crippen LogP contribution in [0.1, 0.15) is 25.0 Å². The van der Waals surface area contributed by atoms with E-state index in [4.69, 9.17) is 0 Å². The Bertz CT molecular complexity index is 3800. The van der Waals surface area contributed by atoms with E-state index in [9.17, 15) is 0 Å². The first-order chi connectivity index (χ1) is 32.0. The Hall–Kier alpha value is -8.20. The number of benzene rings is 11. The SMILES string of the molecule is CC1(C)c2ccccc2-c2ccc(N(c3ccc(-c4ccc5c6ccccc6c6ccccc6c5c4)cc3)c3ccc(-c4ccc5c(c4)c4ccccc4n5-c4ccccc4)cc3)cc21. The Kier molecular flexibility index (Phi) is 8.29. The summed E-state index contributed by atoms with van der Waals surface area (Å²) in [4.78, 5) is 2.42. The van der Waals surface area contributed by atoms with Gasteiger partial charge in [0, 0.05) is 38.9 Å². The Morgan fingerprint density at radius 3 is 1.43 bits per heavy atom. The van der Waals surface area contributed by atoms with Crippen LogP contribution in [0.4, 0.5) is 17.1 Å². The summed E-state index contributed by atoms with van der Waals surface area (Å²) in [5.74, 6) is 0. The lowest BCUT2D eigenvalue weighted by molar-refractivity contribution is 0.660. The fraction of sp³-hybridized carbons (Fsp3) is 0.0476. The molecule has 0 amide bonds. The van der Waals surface area contributed by atoms with Crippen LogP contribution in [-0.4, -0.2) is 4.57 Å². The number of hydrogen-bond acceptors (Lipinski definition) is 1. The molecule has 306 valence electrons. The van der Waals surface area contributed by atoms with E-state index in [-0.39, 0.29) is 5.41 Å². The average Bonchev–Trinajstić information content (AvgIpc) is 3.82. The summed E-state index contributed by atoms with van der Waals surface area (Å²) in [5.41, 5.74) is 17.0. The standard InChI is InChI=1S/C63H44N2/c1-63(2)59-22-12-10-20-54(59)55-36-34-48(40-60(55)63)64(46-30-24-41(25-31-46)43-28-35-53-51-18-7-6-16-49(51)50-17-8-9-19-52(50)57(53)38-43)47-32-26-42(27-33-47)44-29-37-62-58(39-44)56-21-11-13-23-61(56)65(62)45-14-4-3-5-15-45/h3-40H,1-2H3. The summed E-state index contributed by atoms with van der Waals surface area (Å²) in [6, 6.07) is 85.1. The number of aromatic nitrogens is 1. The van der Waals surface area contributed by atoms with Gasteiger partial charge in [-0.05, 0) is 150 Å². The van der Waals surface area contributed by atoms with Crippen molar-refractivity contribution < 1.29 is 0 Å². The van der Waals surface area contributed by atoms with Crippen LogP contribution >= 0.6 is 0 Å². The molecule has 0 saturated carbocycles. The Morgan fingerprint density at radius 1 is 0.308 bits per heavy atom. The van der Waals surface area contributed by atoms with Gasteiger partial charge < -0.3 is 9.47 Å². The largest absolute Gasteiger partial charge is 0.310 e. The second-order valence-electron chi connectivity index (χ2n) is 18.1. The molecule has 0 aliphatic heterocycles. The number of anilines is 3. The van der Waals surface area contributed by atoms with Gasteiger partial charge in [0.15, 0.2) is 0 Å². The lowest BCUT2D eigenvalue weighted by Gasteiger charge is -2.28. The minimum atomic E-state index is -0.116. The highest BCUT2D eigenvalue weighted by molar-refractivity contribution is 6.25. The summed E-state index contributed by atoms with van der Waals surface area (Å²) in [6.07, 6.45) is 0. The van der Waals surface area contributed by atoms with E-state index >= 15 is 0 Å². The van der Waals surface area contributed by atoms with E-state index < -0.39 is 0 Å². The van der Waals surface area contributed by atoms with Crippen molar-refractivity contribution in [2.45, 2.75) is 19.3 Å².